The molecule has 0 atom stereocenters. The zero-order chi connectivity index (χ0) is 21.0. The van der Waals surface area contributed by atoms with Gasteiger partial charge in [-0.2, -0.15) is 4.98 Å². The lowest BCUT2D eigenvalue weighted by molar-refractivity contribution is 0.396. The molecule has 1 aromatic heterocycles. The van der Waals surface area contributed by atoms with E-state index in [9.17, 15) is 4.39 Å². The Labute approximate surface area is 168 Å². The van der Waals surface area contributed by atoms with Crippen molar-refractivity contribution in [2.45, 2.75) is 13.8 Å². The number of rotatable bonds is 6. The summed E-state index contributed by atoms with van der Waals surface area (Å²) in [6.45, 7) is 3.85. The second-order valence-corrected chi connectivity index (χ2v) is 6.53. The Morgan fingerprint density at radius 1 is 1.03 bits per heavy atom. The van der Waals surface area contributed by atoms with Gasteiger partial charge in [-0.3, -0.25) is 0 Å². The van der Waals surface area contributed by atoms with Gasteiger partial charge in [-0.1, -0.05) is 5.57 Å². The number of allylic oxidation sites excluding steroid dienone is 1. The molecular formula is C22H22FN3O3. The number of halogens is 1. The molecule has 7 heteroatoms. The van der Waals surface area contributed by atoms with E-state index in [2.05, 4.69) is 9.98 Å². The minimum absolute atomic E-state index is 0.261. The highest BCUT2D eigenvalue weighted by molar-refractivity contribution is 5.97. The van der Waals surface area contributed by atoms with Gasteiger partial charge in [-0.15, -0.1) is 0 Å². The number of fused-ring (bicyclic) bond motifs is 1. The number of hydrogen-bond acceptors (Lipinski definition) is 5. The van der Waals surface area contributed by atoms with E-state index in [1.54, 1.807) is 32.4 Å². The first kappa shape index (κ1) is 20.1. The summed E-state index contributed by atoms with van der Waals surface area (Å²) >= 11 is 0. The third-order valence-corrected chi connectivity index (χ3v) is 3.98. The number of aromatic nitrogens is 1. The molecule has 0 aliphatic carbocycles. The van der Waals surface area contributed by atoms with Crippen molar-refractivity contribution in [1.29, 1.82) is 0 Å². The highest BCUT2D eigenvalue weighted by atomic mass is 19.1. The van der Waals surface area contributed by atoms with Gasteiger partial charge in [0.25, 0.3) is 0 Å². The molecule has 1 heterocycles. The van der Waals surface area contributed by atoms with Crippen LogP contribution in [0.1, 0.15) is 13.8 Å². The van der Waals surface area contributed by atoms with Crippen molar-refractivity contribution in [2.75, 3.05) is 14.2 Å². The molecule has 2 aromatic carbocycles. The predicted octanol–water partition coefficient (Wildman–Crippen LogP) is 5.14. The van der Waals surface area contributed by atoms with Crippen LogP contribution in [0.4, 0.5) is 10.2 Å². The van der Waals surface area contributed by atoms with Crippen LogP contribution in [0.2, 0.25) is 0 Å². The molecule has 0 radical (unpaired) electrons. The predicted molar refractivity (Wildman–Crippen MR) is 112 cm³/mol. The lowest BCUT2D eigenvalue weighted by Crippen LogP contribution is -2.07. The summed E-state index contributed by atoms with van der Waals surface area (Å²) in [5.41, 5.74) is 7.00. The second-order valence-electron chi connectivity index (χ2n) is 6.53. The Morgan fingerprint density at radius 3 is 2.38 bits per heavy atom. The Bertz CT molecular complexity index is 1090. The number of pyridine rings is 1. The summed E-state index contributed by atoms with van der Waals surface area (Å²) in [6, 6.07) is 11.0. The van der Waals surface area contributed by atoms with Gasteiger partial charge in [-0.05, 0) is 61.7 Å². The van der Waals surface area contributed by atoms with Crippen molar-refractivity contribution in [3.05, 3.63) is 59.9 Å². The minimum Gasteiger partial charge on any atom is -0.497 e. The topological polar surface area (TPSA) is 79.0 Å². The van der Waals surface area contributed by atoms with Crippen LogP contribution < -0.4 is 19.9 Å². The molecule has 0 fully saturated rings. The number of ether oxygens (including phenoxy) is 3. The molecule has 29 heavy (non-hydrogen) atoms. The summed E-state index contributed by atoms with van der Waals surface area (Å²) in [5.74, 6) is 2.15. The fourth-order valence-electron chi connectivity index (χ4n) is 2.77. The van der Waals surface area contributed by atoms with Crippen LogP contribution in [0.15, 0.2) is 59.1 Å². The molecule has 2 N–H and O–H groups in total. The molecule has 0 saturated heterocycles. The minimum atomic E-state index is -0.356. The van der Waals surface area contributed by atoms with E-state index >= 15 is 0 Å². The highest BCUT2D eigenvalue weighted by Crippen LogP contribution is 2.40. The van der Waals surface area contributed by atoms with E-state index in [1.807, 2.05) is 19.9 Å². The van der Waals surface area contributed by atoms with Crippen LogP contribution >= 0.6 is 0 Å². The SMILES string of the molecule is COc1cc(OC)c2c(Oc3ccc(F)cc3)nc(/N=C(/N)C=C(C)C)cc2c1. The number of amidine groups is 1. The summed E-state index contributed by atoms with van der Waals surface area (Å²) in [6.07, 6.45) is 1.75. The van der Waals surface area contributed by atoms with E-state index in [0.717, 1.165) is 11.0 Å². The molecule has 0 saturated carbocycles. The van der Waals surface area contributed by atoms with E-state index in [1.165, 1.54) is 24.3 Å². The summed E-state index contributed by atoms with van der Waals surface area (Å²) in [4.78, 5) is 8.86. The van der Waals surface area contributed by atoms with E-state index in [0.29, 0.717) is 34.3 Å². The van der Waals surface area contributed by atoms with Gasteiger partial charge >= 0.3 is 0 Å². The third-order valence-electron chi connectivity index (χ3n) is 3.98. The average Bonchev–Trinajstić information content (AvgIpc) is 2.67. The van der Waals surface area contributed by atoms with Crippen LogP contribution in [0.25, 0.3) is 10.8 Å². The number of hydrogen-bond donors (Lipinski definition) is 1. The fraction of sp³-hybridized carbons (Fsp3) is 0.182. The van der Waals surface area contributed by atoms with Crippen LogP contribution in [0.3, 0.4) is 0 Å². The Morgan fingerprint density at radius 2 is 1.76 bits per heavy atom. The molecule has 0 bridgehead atoms. The number of benzene rings is 2. The molecule has 0 aliphatic rings. The van der Waals surface area contributed by atoms with Crippen molar-refractivity contribution in [2.24, 2.45) is 10.7 Å². The normalized spacial score (nSPS) is 11.3. The highest BCUT2D eigenvalue weighted by Gasteiger charge is 2.15. The number of aliphatic imine (C=N–C) groups is 1. The van der Waals surface area contributed by atoms with Crippen molar-refractivity contribution >= 4 is 22.4 Å². The maximum absolute atomic E-state index is 13.3. The van der Waals surface area contributed by atoms with E-state index in [4.69, 9.17) is 19.9 Å². The van der Waals surface area contributed by atoms with Gasteiger partial charge in [0, 0.05) is 6.07 Å². The summed E-state index contributed by atoms with van der Waals surface area (Å²) in [5, 5.41) is 1.38. The monoisotopic (exact) mass is 395 g/mol. The van der Waals surface area contributed by atoms with Crippen LogP contribution in [-0.2, 0) is 0 Å². The van der Waals surface area contributed by atoms with Gasteiger partial charge in [0.15, 0.2) is 5.82 Å². The maximum atomic E-state index is 13.3. The molecule has 0 spiro atoms. The first-order chi connectivity index (χ1) is 13.9. The van der Waals surface area contributed by atoms with Crippen molar-refractivity contribution in [1.82, 2.24) is 4.98 Å². The van der Waals surface area contributed by atoms with E-state index in [-0.39, 0.29) is 11.7 Å². The second kappa shape index (κ2) is 8.60. The number of nitrogens with zero attached hydrogens (tertiary/aromatic N) is 2. The molecule has 0 amide bonds. The number of methoxy groups -OCH3 is 2. The van der Waals surface area contributed by atoms with Gasteiger partial charge in [0.05, 0.1) is 19.6 Å². The van der Waals surface area contributed by atoms with Gasteiger partial charge in [0.2, 0.25) is 5.88 Å². The van der Waals surface area contributed by atoms with Crippen LogP contribution in [-0.4, -0.2) is 25.0 Å². The first-order valence-corrected chi connectivity index (χ1v) is 8.89. The molecule has 0 aliphatic heterocycles. The van der Waals surface area contributed by atoms with Gasteiger partial charge < -0.3 is 19.9 Å². The Balaban J connectivity index is 2.21. The van der Waals surface area contributed by atoms with Gasteiger partial charge in [-0.25, -0.2) is 9.38 Å². The standard InChI is InChI=1S/C22H22FN3O3/c1-13(2)9-19(24)25-20-11-14-10-17(27-3)12-18(28-4)21(14)22(26-20)29-16-7-5-15(23)6-8-16/h5-12H,1-4H3,(H2,24,25,26). The summed E-state index contributed by atoms with van der Waals surface area (Å²) < 4.78 is 30.1. The van der Waals surface area contributed by atoms with E-state index < -0.39 is 0 Å². The van der Waals surface area contributed by atoms with Crippen LogP contribution in [0.5, 0.6) is 23.1 Å². The lowest BCUT2D eigenvalue weighted by Gasteiger charge is -2.13. The number of nitrogens with two attached hydrogens (primary N) is 1. The molecule has 3 aromatic rings. The molecule has 150 valence electrons. The largest absolute Gasteiger partial charge is 0.497 e. The lowest BCUT2D eigenvalue weighted by atomic mass is 10.1. The van der Waals surface area contributed by atoms with Crippen molar-refractivity contribution < 1.29 is 18.6 Å². The zero-order valence-corrected chi connectivity index (χ0v) is 16.7. The van der Waals surface area contributed by atoms with Crippen molar-refractivity contribution in [3.8, 4) is 23.1 Å². The quantitative estimate of drug-likeness (QED) is 0.462. The van der Waals surface area contributed by atoms with Gasteiger partial charge in [0.1, 0.15) is 28.9 Å². The average molecular weight is 395 g/mol. The summed E-state index contributed by atoms with van der Waals surface area (Å²) in [7, 11) is 3.12. The first-order valence-electron chi connectivity index (χ1n) is 8.89. The maximum Gasteiger partial charge on any atom is 0.232 e. The molecule has 3 rings (SSSR count). The third kappa shape index (κ3) is 4.82. The molecular weight excluding hydrogens is 373 g/mol. The molecule has 0 unspecified atom stereocenters. The Kier molecular flexibility index (Phi) is 5.97. The smallest absolute Gasteiger partial charge is 0.232 e. The van der Waals surface area contributed by atoms with Crippen LogP contribution in [0, 0.1) is 5.82 Å². The molecule has 6 nitrogen and oxygen atoms in total. The zero-order valence-electron chi connectivity index (χ0n) is 16.7. The van der Waals surface area contributed by atoms with Crippen molar-refractivity contribution in [3.63, 3.8) is 0 Å². The Hall–Kier alpha value is -3.61. The fourth-order valence-corrected chi connectivity index (χ4v) is 2.77.